The molecule has 0 spiro atoms. The summed E-state index contributed by atoms with van der Waals surface area (Å²) in [6.45, 7) is 2.87. The van der Waals surface area contributed by atoms with E-state index in [1.807, 2.05) is 30.3 Å². The van der Waals surface area contributed by atoms with Gasteiger partial charge in [0, 0.05) is 18.8 Å². The van der Waals surface area contributed by atoms with Crippen molar-refractivity contribution in [2.75, 3.05) is 7.11 Å². The van der Waals surface area contributed by atoms with Crippen LogP contribution in [0.4, 0.5) is 0 Å². The Morgan fingerprint density at radius 3 is 2.89 bits per heavy atom. The third-order valence-electron chi connectivity index (χ3n) is 3.00. The van der Waals surface area contributed by atoms with Crippen LogP contribution in [0.3, 0.4) is 0 Å². The van der Waals surface area contributed by atoms with Crippen LogP contribution in [0, 0.1) is 0 Å². The molecule has 0 aliphatic rings. The zero-order valence-corrected chi connectivity index (χ0v) is 11.8. The lowest BCUT2D eigenvalue weighted by Crippen LogP contribution is -2.18. The molecule has 3 nitrogen and oxygen atoms in total. The first kappa shape index (κ1) is 13.8. The zero-order chi connectivity index (χ0) is 13.7. The summed E-state index contributed by atoms with van der Waals surface area (Å²) >= 11 is 5.86. The Morgan fingerprint density at radius 2 is 2.16 bits per heavy atom. The highest BCUT2D eigenvalue weighted by atomic mass is 35.5. The van der Waals surface area contributed by atoms with Crippen molar-refractivity contribution in [2.24, 2.45) is 0 Å². The maximum absolute atomic E-state index is 5.86. The number of hydrogen-bond acceptors (Lipinski definition) is 3. The second-order valence-corrected chi connectivity index (χ2v) is 4.75. The SMILES string of the molecule is COc1cccc(C(C)NCc2ccnc(Cl)c2)c1. The average Bonchev–Trinajstić information content (AvgIpc) is 2.45. The maximum atomic E-state index is 5.86. The third-order valence-corrected chi connectivity index (χ3v) is 3.20. The number of ether oxygens (including phenoxy) is 1. The van der Waals surface area contributed by atoms with Gasteiger partial charge in [-0.2, -0.15) is 0 Å². The van der Waals surface area contributed by atoms with Gasteiger partial charge < -0.3 is 10.1 Å². The van der Waals surface area contributed by atoms with E-state index in [4.69, 9.17) is 16.3 Å². The topological polar surface area (TPSA) is 34.1 Å². The number of methoxy groups -OCH3 is 1. The van der Waals surface area contributed by atoms with E-state index in [1.54, 1.807) is 13.3 Å². The zero-order valence-electron chi connectivity index (χ0n) is 11.1. The number of aromatic nitrogens is 1. The molecule has 1 heterocycles. The Kier molecular flexibility index (Phi) is 4.77. The number of rotatable bonds is 5. The van der Waals surface area contributed by atoms with Gasteiger partial charge in [-0.25, -0.2) is 4.98 Å². The summed E-state index contributed by atoms with van der Waals surface area (Å²) in [6.07, 6.45) is 1.72. The molecular formula is C15H17ClN2O. The van der Waals surface area contributed by atoms with Crippen molar-refractivity contribution >= 4 is 11.6 Å². The fourth-order valence-electron chi connectivity index (χ4n) is 1.85. The summed E-state index contributed by atoms with van der Waals surface area (Å²) in [7, 11) is 1.68. The molecule has 1 atom stereocenters. The predicted molar refractivity (Wildman–Crippen MR) is 77.5 cm³/mol. The Labute approximate surface area is 118 Å². The van der Waals surface area contributed by atoms with Gasteiger partial charge in [-0.3, -0.25) is 0 Å². The second-order valence-electron chi connectivity index (χ2n) is 4.37. The van der Waals surface area contributed by atoms with Crippen molar-refractivity contribution in [3.63, 3.8) is 0 Å². The van der Waals surface area contributed by atoms with E-state index in [0.29, 0.717) is 5.15 Å². The molecule has 100 valence electrons. The Morgan fingerprint density at radius 1 is 1.32 bits per heavy atom. The van der Waals surface area contributed by atoms with E-state index in [1.165, 1.54) is 5.56 Å². The van der Waals surface area contributed by atoms with E-state index >= 15 is 0 Å². The van der Waals surface area contributed by atoms with Crippen LogP contribution in [-0.2, 0) is 6.54 Å². The summed E-state index contributed by atoms with van der Waals surface area (Å²) < 4.78 is 5.23. The van der Waals surface area contributed by atoms with Gasteiger partial charge in [-0.1, -0.05) is 23.7 Å². The second kappa shape index (κ2) is 6.55. The van der Waals surface area contributed by atoms with E-state index < -0.39 is 0 Å². The number of nitrogens with one attached hydrogen (secondary N) is 1. The predicted octanol–water partition coefficient (Wildman–Crippen LogP) is 3.59. The van der Waals surface area contributed by atoms with Gasteiger partial charge >= 0.3 is 0 Å². The highest BCUT2D eigenvalue weighted by Crippen LogP contribution is 2.19. The van der Waals surface area contributed by atoms with Crippen LogP contribution in [0.25, 0.3) is 0 Å². The van der Waals surface area contributed by atoms with E-state index in [2.05, 4.69) is 23.3 Å². The summed E-state index contributed by atoms with van der Waals surface area (Å²) in [6, 6.07) is 12.1. The molecule has 1 unspecified atom stereocenters. The third kappa shape index (κ3) is 3.94. The maximum Gasteiger partial charge on any atom is 0.129 e. The van der Waals surface area contributed by atoms with Gasteiger partial charge in [0.2, 0.25) is 0 Å². The Balaban J connectivity index is 1.99. The molecule has 0 aliphatic heterocycles. The van der Waals surface area contributed by atoms with Crippen LogP contribution in [0.5, 0.6) is 5.75 Å². The molecule has 0 saturated heterocycles. The highest BCUT2D eigenvalue weighted by Gasteiger charge is 2.06. The van der Waals surface area contributed by atoms with Crippen molar-refractivity contribution in [2.45, 2.75) is 19.5 Å². The molecule has 2 aromatic rings. The van der Waals surface area contributed by atoms with Crippen molar-refractivity contribution in [3.05, 3.63) is 58.9 Å². The Bertz CT molecular complexity index is 545. The molecule has 0 amide bonds. The van der Waals surface area contributed by atoms with Gasteiger partial charge in [0.15, 0.2) is 0 Å². The molecule has 0 bridgehead atoms. The molecule has 4 heteroatoms. The smallest absolute Gasteiger partial charge is 0.129 e. The molecule has 0 radical (unpaired) electrons. The lowest BCUT2D eigenvalue weighted by atomic mass is 10.1. The fraction of sp³-hybridized carbons (Fsp3) is 0.267. The number of pyridine rings is 1. The lowest BCUT2D eigenvalue weighted by Gasteiger charge is -2.15. The first-order valence-corrected chi connectivity index (χ1v) is 6.54. The largest absolute Gasteiger partial charge is 0.497 e. The van der Waals surface area contributed by atoms with Gasteiger partial charge in [-0.15, -0.1) is 0 Å². The molecular weight excluding hydrogens is 260 g/mol. The number of benzene rings is 1. The number of hydrogen-bond donors (Lipinski definition) is 1. The van der Waals surface area contributed by atoms with Crippen molar-refractivity contribution < 1.29 is 4.74 Å². The van der Waals surface area contributed by atoms with Crippen LogP contribution >= 0.6 is 11.6 Å². The van der Waals surface area contributed by atoms with Gasteiger partial charge in [0.1, 0.15) is 10.9 Å². The highest BCUT2D eigenvalue weighted by molar-refractivity contribution is 6.29. The molecule has 1 aromatic heterocycles. The summed E-state index contributed by atoms with van der Waals surface area (Å²) in [4.78, 5) is 3.97. The Hall–Kier alpha value is -1.58. The van der Waals surface area contributed by atoms with Crippen LogP contribution < -0.4 is 10.1 Å². The van der Waals surface area contributed by atoms with E-state index in [9.17, 15) is 0 Å². The number of halogens is 1. The molecule has 1 N–H and O–H groups in total. The van der Waals surface area contributed by atoms with Crippen molar-refractivity contribution in [3.8, 4) is 5.75 Å². The number of nitrogens with zero attached hydrogens (tertiary/aromatic N) is 1. The molecule has 0 aliphatic carbocycles. The van der Waals surface area contributed by atoms with Gasteiger partial charge in [0.25, 0.3) is 0 Å². The minimum Gasteiger partial charge on any atom is -0.497 e. The first-order valence-electron chi connectivity index (χ1n) is 6.17. The first-order chi connectivity index (χ1) is 9.19. The van der Waals surface area contributed by atoms with Crippen LogP contribution in [0.1, 0.15) is 24.1 Å². The van der Waals surface area contributed by atoms with Crippen LogP contribution in [-0.4, -0.2) is 12.1 Å². The summed E-state index contributed by atoms with van der Waals surface area (Å²) in [5.74, 6) is 0.873. The molecule has 2 rings (SSSR count). The quantitative estimate of drug-likeness (QED) is 0.848. The molecule has 1 aromatic carbocycles. The average molecular weight is 277 g/mol. The molecule has 19 heavy (non-hydrogen) atoms. The van der Waals surface area contributed by atoms with E-state index in [0.717, 1.165) is 17.9 Å². The summed E-state index contributed by atoms with van der Waals surface area (Å²) in [5.41, 5.74) is 2.31. The lowest BCUT2D eigenvalue weighted by molar-refractivity contribution is 0.413. The molecule has 0 saturated carbocycles. The molecule has 0 fully saturated rings. The minimum absolute atomic E-state index is 0.238. The standard InChI is InChI=1S/C15H17ClN2O/c1-11(13-4-3-5-14(9-13)19-2)18-10-12-6-7-17-15(16)8-12/h3-9,11,18H,10H2,1-2H3. The van der Waals surface area contributed by atoms with Gasteiger partial charge in [-0.05, 0) is 42.3 Å². The van der Waals surface area contributed by atoms with Gasteiger partial charge in [0.05, 0.1) is 7.11 Å². The monoisotopic (exact) mass is 276 g/mol. The fourth-order valence-corrected chi connectivity index (χ4v) is 2.05. The van der Waals surface area contributed by atoms with Crippen LogP contribution in [0.15, 0.2) is 42.6 Å². The summed E-state index contributed by atoms with van der Waals surface area (Å²) in [5, 5.41) is 3.97. The minimum atomic E-state index is 0.238. The van der Waals surface area contributed by atoms with E-state index in [-0.39, 0.29) is 6.04 Å². The van der Waals surface area contributed by atoms with Crippen LogP contribution in [0.2, 0.25) is 5.15 Å². The van der Waals surface area contributed by atoms with Crippen molar-refractivity contribution in [1.82, 2.24) is 10.3 Å². The van der Waals surface area contributed by atoms with Crippen molar-refractivity contribution in [1.29, 1.82) is 0 Å². The normalized spacial score (nSPS) is 12.2.